The van der Waals surface area contributed by atoms with Gasteiger partial charge in [-0.05, 0) is 60.4 Å². The standard InChI is InChI=1S/C20H21NO/c1-20(2)12-11-16-8-10-17(21-19(16)14-20)9-7-15-5-4-6-18(13-15)22-3/h4-6,8,10,13H,11-12,14H2,1-3H3. The largest absolute Gasteiger partial charge is 0.497 e. The Balaban J connectivity index is 1.86. The fourth-order valence-electron chi connectivity index (χ4n) is 2.83. The maximum atomic E-state index is 5.22. The maximum absolute atomic E-state index is 5.22. The molecule has 112 valence electrons. The van der Waals surface area contributed by atoms with Crippen LogP contribution in [0.4, 0.5) is 0 Å². The lowest BCUT2D eigenvalue weighted by atomic mass is 9.76. The van der Waals surface area contributed by atoms with Crippen LogP contribution in [0.15, 0.2) is 36.4 Å². The third kappa shape index (κ3) is 3.31. The molecular weight excluding hydrogens is 270 g/mol. The van der Waals surface area contributed by atoms with Crippen molar-refractivity contribution in [2.75, 3.05) is 7.11 Å². The average Bonchev–Trinajstić information content (AvgIpc) is 2.52. The Morgan fingerprint density at radius 1 is 1.14 bits per heavy atom. The molecule has 2 nitrogen and oxygen atoms in total. The van der Waals surface area contributed by atoms with Gasteiger partial charge in [-0.15, -0.1) is 0 Å². The van der Waals surface area contributed by atoms with Crippen LogP contribution in [-0.4, -0.2) is 12.1 Å². The van der Waals surface area contributed by atoms with Crippen molar-refractivity contribution in [3.05, 3.63) is 58.9 Å². The molecule has 0 bridgehead atoms. The van der Waals surface area contributed by atoms with Gasteiger partial charge in [-0.1, -0.05) is 31.9 Å². The maximum Gasteiger partial charge on any atom is 0.120 e. The fraction of sp³-hybridized carbons (Fsp3) is 0.350. The van der Waals surface area contributed by atoms with Crippen LogP contribution >= 0.6 is 0 Å². The van der Waals surface area contributed by atoms with E-state index in [2.05, 4.69) is 31.8 Å². The Bertz CT molecular complexity index is 750. The number of rotatable bonds is 1. The van der Waals surface area contributed by atoms with Crippen molar-refractivity contribution in [1.82, 2.24) is 4.98 Å². The molecule has 0 fully saturated rings. The Kier molecular flexibility index (Phi) is 3.90. The first-order chi connectivity index (χ1) is 10.6. The summed E-state index contributed by atoms with van der Waals surface area (Å²) in [7, 11) is 1.67. The minimum atomic E-state index is 0.346. The molecular formula is C20H21NO. The number of fused-ring (bicyclic) bond motifs is 1. The summed E-state index contributed by atoms with van der Waals surface area (Å²) in [4.78, 5) is 4.76. The quantitative estimate of drug-likeness (QED) is 0.741. The Labute approximate surface area is 132 Å². The molecule has 0 saturated heterocycles. The van der Waals surface area contributed by atoms with Gasteiger partial charge in [-0.2, -0.15) is 0 Å². The van der Waals surface area contributed by atoms with Crippen LogP contribution in [0.1, 0.15) is 42.8 Å². The minimum Gasteiger partial charge on any atom is -0.497 e. The Hall–Kier alpha value is -2.27. The molecule has 0 spiro atoms. The third-order valence-corrected chi connectivity index (χ3v) is 4.19. The molecule has 1 heterocycles. The lowest BCUT2D eigenvalue weighted by molar-refractivity contribution is 0.310. The molecule has 3 rings (SSSR count). The van der Waals surface area contributed by atoms with Gasteiger partial charge in [-0.25, -0.2) is 4.98 Å². The van der Waals surface area contributed by atoms with Gasteiger partial charge in [0.1, 0.15) is 11.4 Å². The van der Waals surface area contributed by atoms with Crippen LogP contribution in [0.3, 0.4) is 0 Å². The monoisotopic (exact) mass is 291 g/mol. The minimum absolute atomic E-state index is 0.346. The van der Waals surface area contributed by atoms with Gasteiger partial charge < -0.3 is 4.74 Å². The SMILES string of the molecule is COc1cccc(C#Cc2ccc3c(n2)CC(C)(C)CC3)c1. The lowest BCUT2D eigenvalue weighted by Gasteiger charge is -2.30. The molecule has 1 aromatic carbocycles. The fourth-order valence-corrected chi connectivity index (χ4v) is 2.83. The number of pyridine rings is 1. The topological polar surface area (TPSA) is 22.1 Å². The molecule has 22 heavy (non-hydrogen) atoms. The molecule has 1 aliphatic rings. The molecule has 0 atom stereocenters. The smallest absolute Gasteiger partial charge is 0.120 e. The highest BCUT2D eigenvalue weighted by Crippen LogP contribution is 2.33. The predicted octanol–water partition coefficient (Wildman–Crippen LogP) is 4.00. The number of ether oxygens (including phenoxy) is 1. The molecule has 2 heteroatoms. The zero-order chi connectivity index (χ0) is 15.6. The van der Waals surface area contributed by atoms with Gasteiger partial charge in [0.15, 0.2) is 0 Å². The van der Waals surface area contributed by atoms with E-state index < -0.39 is 0 Å². The number of hydrogen-bond donors (Lipinski definition) is 0. The van der Waals surface area contributed by atoms with E-state index in [-0.39, 0.29) is 0 Å². The highest BCUT2D eigenvalue weighted by molar-refractivity contribution is 5.44. The zero-order valence-corrected chi connectivity index (χ0v) is 13.4. The Morgan fingerprint density at radius 2 is 2.00 bits per heavy atom. The molecule has 1 aromatic heterocycles. The van der Waals surface area contributed by atoms with Crippen molar-refractivity contribution >= 4 is 0 Å². The van der Waals surface area contributed by atoms with E-state index in [9.17, 15) is 0 Å². The molecule has 0 amide bonds. The van der Waals surface area contributed by atoms with Gasteiger partial charge in [-0.3, -0.25) is 0 Å². The van der Waals surface area contributed by atoms with Crippen LogP contribution in [0.5, 0.6) is 5.75 Å². The number of nitrogens with zero attached hydrogens (tertiary/aromatic N) is 1. The highest BCUT2D eigenvalue weighted by Gasteiger charge is 2.25. The van der Waals surface area contributed by atoms with Gasteiger partial charge in [0.2, 0.25) is 0 Å². The van der Waals surface area contributed by atoms with Crippen LogP contribution in [0, 0.1) is 17.3 Å². The summed E-state index contributed by atoms with van der Waals surface area (Å²) in [6.07, 6.45) is 3.40. The summed E-state index contributed by atoms with van der Waals surface area (Å²) in [5.74, 6) is 7.17. The van der Waals surface area contributed by atoms with Gasteiger partial charge in [0.05, 0.1) is 7.11 Å². The number of benzene rings is 1. The summed E-state index contributed by atoms with van der Waals surface area (Å²) in [6, 6.07) is 12.0. The second-order valence-electron chi connectivity index (χ2n) is 6.63. The normalized spacial score (nSPS) is 15.4. The highest BCUT2D eigenvalue weighted by atomic mass is 16.5. The molecule has 0 unspecified atom stereocenters. The van der Waals surface area contributed by atoms with Crippen molar-refractivity contribution in [3.63, 3.8) is 0 Å². The number of methoxy groups -OCH3 is 1. The van der Waals surface area contributed by atoms with Crippen LogP contribution in [-0.2, 0) is 12.8 Å². The van der Waals surface area contributed by atoms with E-state index in [1.54, 1.807) is 7.11 Å². The first-order valence-corrected chi connectivity index (χ1v) is 7.71. The van der Waals surface area contributed by atoms with E-state index in [0.717, 1.165) is 29.8 Å². The third-order valence-electron chi connectivity index (χ3n) is 4.19. The summed E-state index contributed by atoms with van der Waals surface area (Å²) in [5, 5.41) is 0. The average molecular weight is 291 g/mol. The first kappa shape index (κ1) is 14.7. The van der Waals surface area contributed by atoms with E-state index in [1.165, 1.54) is 17.7 Å². The van der Waals surface area contributed by atoms with E-state index in [1.807, 2.05) is 30.3 Å². The van der Waals surface area contributed by atoms with E-state index >= 15 is 0 Å². The van der Waals surface area contributed by atoms with Gasteiger partial charge in [0.25, 0.3) is 0 Å². The van der Waals surface area contributed by atoms with Crippen molar-refractivity contribution in [3.8, 4) is 17.6 Å². The van der Waals surface area contributed by atoms with Crippen molar-refractivity contribution in [2.45, 2.75) is 33.1 Å². The number of hydrogen-bond acceptors (Lipinski definition) is 2. The molecule has 1 aliphatic carbocycles. The molecule has 0 radical (unpaired) electrons. The molecule has 0 saturated carbocycles. The second kappa shape index (κ2) is 5.85. The number of aryl methyl sites for hydroxylation is 1. The van der Waals surface area contributed by atoms with E-state index in [0.29, 0.717) is 5.41 Å². The summed E-state index contributed by atoms with van der Waals surface area (Å²) in [6.45, 7) is 4.62. The zero-order valence-electron chi connectivity index (χ0n) is 13.4. The predicted molar refractivity (Wildman–Crippen MR) is 89.0 cm³/mol. The summed E-state index contributed by atoms with van der Waals surface area (Å²) < 4.78 is 5.22. The molecule has 2 aromatic rings. The number of aromatic nitrogens is 1. The summed E-state index contributed by atoms with van der Waals surface area (Å²) in [5.41, 5.74) is 4.73. The van der Waals surface area contributed by atoms with Crippen LogP contribution < -0.4 is 4.74 Å². The Morgan fingerprint density at radius 3 is 2.82 bits per heavy atom. The van der Waals surface area contributed by atoms with Crippen LogP contribution in [0.25, 0.3) is 0 Å². The molecule has 0 N–H and O–H groups in total. The van der Waals surface area contributed by atoms with E-state index in [4.69, 9.17) is 9.72 Å². The second-order valence-corrected chi connectivity index (χ2v) is 6.63. The van der Waals surface area contributed by atoms with Crippen molar-refractivity contribution in [2.24, 2.45) is 5.41 Å². The van der Waals surface area contributed by atoms with Crippen molar-refractivity contribution in [1.29, 1.82) is 0 Å². The van der Waals surface area contributed by atoms with Gasteiger partial charge in [0, 0.05) is 11.3 Å². The van der Waals surface area contributed by atoms with Crippen LogP contribution in [0.2, 0.25) is 0 Å². The van der Waals surface area contributed by atoms with Gasteiger partial charge >= 0.3 is 0 Å². The molecule has 0 aliphatic heterocycles. The lowest BCUT2D eigenvalue weighted by Crippen LogP contribution is -2.23. The summed E-state index contributed by atoms with van der Waals surface area (Å²) >= 11 is 0. The van der Waals surface area contributed by atoms with Crippen molar-refractivity contribution < 1.29 is 4.74 Å². The first-order valence-electron chi connectivity index (χ1n) is 7.71.